The number of carbonyl (C=O) groups excluding carboxylic acids is 1. The molecule has 4 rings (SSSR count). The van der Waals surface area contributed by atoms with Crippen LogP contribution in [-0.2, 0) is 0 Å². The molecule has 1 amide bonds. The van der Waals surface area contributed by atoms with Crippen LogP contribution in [0.15, 0.2) is 35.8 Å². The quantitative estimate of drug-likeness (QED) is 0.485. The summed E-state index contributed by atoms with van der Waals surface area (Å²) >= 11 is 1.47. The van der Waals surface area contributed by atoms with Crippen molar-refractivity contribution >= 4 is 34.0 Å². The molecule has 1 fully saturated rings. The number of rotatable bonds is 6. The Kier molecular flexibility index (Phi) is 5.63. The normalized spacial score (nSPS) is 18.9. The minimum absolute atomic E-state index is 0.0173. The molecular formula is C19H22N8OS. The van der Waals surface area contributed by atoms with Gasteiger partial charge in [0, 0.05) is 29.2 Å². The van der Waals surface area contributed by atoms with E-state index in [1.807, 2.05) is 29.6 Å². The number of nitrogens with two attached hydrogens (primary N) is 2. The highest BCUT2D eigenvalue weighted by molar-refractivity contribution is 7.14. The van der Waals surface area contributed by atoms with Crippen LogP contribution in [0.5, 0.6) is 0 Å². The van der Waals surface area contributed by atoms with Crippen molar-refractivity contribution < 1.29 is 4.79 Å². The van der Waals surface area contributed by atoms with Gasteiger partial charge in [-0.05, 0) is 31.0 Å². The molecule has 0 bridgehead atoms. The number of hydrogen-bond acceptors (Lipinski definition) is 9. The predicted molar refractivity (Wildman–Crippen MR) is 113 cm³/mol. The molecule has 0 spiro atoms. The topological polar surface area (TPSA) is 145 Å². The third kappa shape index (κ3) is 4.49. The smallest absolute Gasteiger partial charge is 0.273 e. The number of nitrogens with zero attached hydrogens (tertiary/aromatic N) is 4. The van der Waals surface area contributed by atoms with E-state index in [0.717, 1.165) is 41.9 Å². The molecular weight excluding hydrogens is 388 g/mol. The van der Waals surface area contributed by atoms with Gasteiger partial charge in [-0.3, -0.25) is 9.78 Å². The van der Waals surface area contributed by atoms with Gasteiger partial charge in [0.15, 0.2) is 11.5 Å². The summed E-state index contributed by atoms with van der Waals surface area (Å²) in [6.07, 6.45) is 5.88. The molecule has 10 heteroatoms. The highest BCUT2D eigenvalue weighted by Crippen LogP contribution is 2.30. The fourth-order valence-electron chi connectivity index (χ4n) is 3.33. The van der Waals surface area contributed by atoms with E-state index >= 15 is 0 Å². The lowest BCUT2D eigenvalue weighted by molar-refractivity contribution is 0.0995. The van der Waals surface area contributed by atoms with Crippen LogP contribution in [0.2, 0.25) is 0 Å². The monoisotopic (exact) mass is 410 g/mol. The first-order valence-corrected chi connectivity index (χ1v) is 10.3. The van der Waals surface area contributed by atoms with E-state index in [9.17, 15) is 4.79 Å². The molecule has 150 valence electrons. The predicted octanol–water partition coefficient (Wildman–Crippen LogP) is 2.52. The van der Waals surface area contributed by atoms with Crippen molar-refractivity contribution in [3.05, 3.63) is 41.5 Å². The third-order valence-corrected chi connectivity index (χ3v) is 5.70. The molecule has 1 aliphatic rings. The summed E-state index contributed by atoms with van der Waals surface area (Å²) in [7, 11) is 0. The van der Waals surface area contributed by atoms with Crippen molar-refractivity contribution in [1.82, 2.24) is 20.2 Å². The standard InChI is InChI=1S/C19H22N8OS/c20-12-5-1-2-7-14(12)23-19-25-18(16(17(21)28)26-27-19)24-15-9-11(10-29-15)13-6-3-4-8-22-13/h3-4,6,8-10,12,14H,1-2,5,7,20H2,(H2,21,28)(H2,23,24,25,27)/t12-,14?/m0/s1. The number of pyridine rings is 1. The summed E-state index contributed by atoms with van der Waals surface area (Å²) in [6.45, 7) is 0. The number of anilines is 3. The number of thiophene rings is 1. The van der Waals surface area contributed by atoms with Crippen LogP contribution >= 0.6 is 11.3 Å². The number of primary amides is 1. The summed E-state index contributed by atoms with van der Waals surface area (Å²) < 4.78 is 0. The highest BCUT2D eigenvalue weighted by Gasteiger charge is 2.23. The van der Waals surface area contributed by atoms with Crippen molar-refractivity contribution in [2.45, 2.75) is 37.8 Å². The minimum atomic E-state index is -0.699. The van der Waals surface area contributed by atoms with E-state index in [-0.39, 0.29) is 23.6 Å². The van der Waals surface area contributed by atoms with E-state index in [4.69, 9.17) is 11.5 Å². The Morgan fingerprint density at radius 2 is 2.07 bits per heavy atom. The van der Waals surface area contributed by atoms with Gasteiger partial charge in [0.2, 0.25) is 5.95 Å². The Hall–Kier alpha value is -3.11. The van der Waals surface area contributed by atoms with E-state index in [1.54, 1.807) is 6.20 Å². The lowest BCUT2D eigenvalue weighted by Crippen LogP contribution is -2.43. The van der Waals surface area contributed by atoms with E-state index in [2.05, 4.69) is 30.8 Å². The Bertz CT molecular complexity index is 993. The zero-order valence-electron chi connectivity index (χ0n) is 15.7. The fraction of sp³-hybridized carbons (Fsp3) is 0.316. The van der Waals surface area contributed by atoms with Crippen LogP contribution in [0, 0.1) is 0 Å². The maximum absolute atomic E-state index is 11.8. The molecule has 3 aromatic rings. The van der Waals surface area contributed by atoms with Gasteiger partial charge in [0.1, 0.15) is 0 Å². The molecule has 3 heterocycles. The second-order valence-electron chi connectivity index (χ2n) is 6.94. The fourth-order valence-corrected chi connectivity index (χ4v) is 4.12. The average molecular weight is 411 g/mol. The first-order chi connectivity index (χ1) is 14.1. The molecule has 2 atom stereocenters. The van der Waals surface area contributed by atoms with Gasteiger partial charge in [0.05, 0.1) is 10.7 Å². The van der Waals surface area contributed by atoms with Crippen molar-refractivity contribution in [2.24, 2.45) is 11.5 Å². The van der Waals surface area contributed by atoms with Crippen LogP contribution in [0.1, 0.15) is 36.2 Å². The van der Waals surface area contributed by atoms with Crippen molar-refractivity contribution in [3.8, 4) is 11.3 Å². The van der Waals surface area contributed by atoms with Crippen molar-refractivity contribution in [2.75, 3.05) is 10.6 Å². The molecule has 0 aromatic carbocycles. The Morgan fingerprint density at radius 1 is 1.21 bits per heavy atom. The first-order valence-electron chi connectivity index (χ1n) is 9.44. The number of carbonyl (C=O) groups is 1. The SMILES string of the molecule is NC(=O)c1nnc(NC2CCCC[C@@H]2N)nc1Nc1cc(-c2ccccn2)cs1. The molecule has 9 nitrogen and oxygen atoms in total. The second-order valence-corrected chi connectivity index (χ2v) is 7.85. The van der Waals surface area contributed by atoms with Gasteiger partial charge in [-0.1, -0.05) is 18.9 Å². The van der Waals surface area contributed by atoms with Crippen molar-refractivity contribution in [1.29, 1.82) is 0 Å². The summed E-state index contributed by atoms with van der Waals surface area (Å²) in [5.74, 6) is -0.120. The molecule has 1 aliphatic carbocycles. The highest BCUT2D eigenvalue weighted by atomic mass is 32.1. The van der Waals surface area contributed by atoms with Crippen LogP contribution < -0.4 is 22.1 Å². The van der Waals surface area contributed by atoms with Gasteiger partial charge >= 0.3 is 0 Å². The Balaban J connectivity index is 1.57. The molecule has 0 aliphatic heterocycles. The van der Waals surface area contributed by atoms with Gasteiger partial charge in [-0.15, -0.1) is 21.5 Å². The van der Waals surface area contributed by atoms with Gasteiger partial charge < -0.3 is 22.1 Å². The van der Waals surface area contributed by atoms with Gasteiger partial charge in [0.25, 0.3) is 5.91 Å². The number of amides is 1. The van der Waals surface area contributed by atoms with Crippen LogP contribution in [0.3, 0.4) is 0 Å². The lowest BCUT2D eigenvalue weighted by atomic mass is 9.91. The third-order valence-electron chi connectivity index (χ3n) is 4.86. The minimum Gasteiger partial charge on any atom is -0.364 e. The first kappa shape index (κ1) is 19.2. The summed E-state index contributed by atoms with van der Waals surface area (Å²) in [6, 6.07) is 7.79. The molecule has 0 radical (unpaired) electrons. The molecule has 0 saturated heterocycles. The maximum atomic E-state index is 11.8. The van der Waals surface area contributed by atoms with Crippen LogP contribution in [0.4, 0.5) is 16.8 Å². The lowest BCUT2D eigenvalue weighted by Gasteiger charge is -2.29. The van der Waals surface area contributed by atoms with E-state index in [1.165, 1.54) is 11.3 Å². The summed E-state index contributed by atoms with van der Waals surface area (Å²) in [5.41, 5.74) is 13.5. The molecule has 1 saturated carbocycles. The molecule has 3 aromatic heterocycles. The Morgan fingerprint density at radius 3 is 2.83 bits per heavy atom. The largest absolute Gasteiger partial charge is 0.364 e. The molecule has 6 N–H and O–H groups in total. The average Bonchev–Trinajstić information content (AvgIpc) is 3.19. The number of hydrogen-bond donors (Lipinski definition) is 4. The zero-order valence-corrected chi connectivity index (χ0v) is 16.5. The van der Waals surface area contributed by atoms with E-state index < -0.39 is 5.91 Å². The van der Waals surface area contributed by atoms with Crippen molar-refractivity contribution in [3.63, 3.8) is 0 Å². The molecule has 1 unspecified atom stereocenters. The van der Waals surface area contributed by atoms with Crippen LogP contribution in [0.25, 0.3) is 11.3 Å². The van der Waals surface area contributed by atoms with Gasteiger partial charge in [-0.2, -0.15) is 4.98 Å². The second kappa shape index (κ2) is 8.50. The number of aromatic nitrogens is 4. The maximum Gasteiger partial charge on any atom is 0.273 e. The Labute approximate surface area is 172 Å². The number of nitrogens with one attached hydrogen (secondary N) is 2. The zero-order chi connectivity index (χ0) is 20.2. The van der Waals surface area contributed by atoms with Crippen LogP contribution in [-0.4, -0.2) is 38.2 Å². The summed E-state index contributed by atoms with van der Waals surface area (Å²) in [4.78, 5) is 20.6. The van der Waals surface area contributed by atoms with Gasteiger partial charge in [-0.25, -0.2) is 0 Å². The molecule has 29 heavy (non-hydrogen) atoms. The van der Waals surface area contributed by atoms with E-state index in [0.29, 0.717) is 5.95 Å². The summed E-state index contributed by atoms with van der Waals surface area (Å²) in [5, 5.41) is 17.1.